The number of Topliss-reactive ketones (excluding diaryl/α,β-unsaturated/α-hetero) is 1. The number of nitrogens with one attached hydrogen (secondary N) is 1. The number of allylic oxidation sites excluding steroid dienone is 1. The molecule has 0 aliphatic carbocycles. The van der Waals surface area contributed by atoms with Gasteiger partial charge in [-0.15, -0.1) is 0 Å². The molecule has 2 heteroatoms. The van der Waals surface area contributed by atoms with Crippen LogP contribution in [0.25, 0.3) is 6.08 Å². The predicted molar refractivity (Wildman–Crippen MR) is 54.2 cm³/mol. The van der Waals surface area contributed by atoms with E-state index in [0.717, 1.165) is 5.56 Å². The lowest BCUT2D eigenvalue weighted by Gasteiger charge is -2.01. The van der Waals surface area contributed by atoms with Crippen LogP contribution >= 0.6 is 0 Å². The Kier molecular flexibility index (Phi) is 3.26. The summed E-state index contributed by atoms with van der Waals surface area (Å²) in [4.78, 5) is 11.0. The summed E-state index contributed by atoms with van der Waals surface area (Å²) in [6.45, 7) is 1.55. The second kappa shape index (κ2) is 4.45. The molecule has 1 aromatic rings. The molecule has 68 valence electrons. The van der Waals surface area contributed by atoms with Gasteiger partial charge in [0.2, 0.25) is 0 Å². The minimum Gasteiger partial charge on any atom is -0.385 e. The minimum atomic E-state index is 0.0475. The zero-order valence-corrected chi connectivity index (χ0v) is 7.87. The molecule has 0 bridgehead atoms. The van der Waals surface area contributed by atoms with Crippen molar-refractivity contribution in [3.05, 3.63) is 41.6 Å². The van der Waals surface area contributed by atoms with Crippen molar-refractivity contribution < 1.29 is 4.79 Å². The highest BCUT2D eigenvalue weighted by atomic mass is 16.1. The van der Waals surface area contributed by atoms with E-state index in [1.54, 1.807) is 14.0 Å². The highest BCUT2D eigenvalue weighted by molar-refractivity contribution is 5.97. The number of carbonyl (C=O) groups is 1. The van der Waals surface area contributed by atoms with Crippen LogP contribution in [0.15, 0.2) is 36.0 Å². The Morgan fingerprint density at radius 3 is 2.38 bits per heavy atom. The third-order valence-electron chi connectivity index (χ3n) is 1.76. The average Bonchev–Trinajstić information content (AvgIpc) is 2.15. The maximum Gasteiger partial charge on any atom is 0.175 e. The van der Waals surface area contributed by atoms with Crippen LogP contribution in [0, 0.1) is 0 Å². The molecule has 0 saturated carbocycles. The van der Waals surface area contributed by atoms with Gasteiger partial charge in [0, 0.05) is 14.0 Å². The molecule has 13 heavy (non-hydrogen) atoms. The van der Waals surface area contributed by atoms with Crippen molar-refractivity contribution in [2.24, 2.45) is 0 Å². The van der Waals surface area contributed by atoms with Crippen LogP contribution in [0.1, 0.15) is 12.5 Å². The van der Waals surface area contributed by atoms with E-state index in [1.807, 2.05) is 36.4 Å². The number of likely N-dealkylation sites (N-methyl/N-ethyl adjacent to an activating group) is 1. The molecular weight excluding hydrogens is 162 g/mol. The lowest BCUT2D eigenvalue weighted by atomic mass is 10.1. The molecule has 0 aliphatic heterocycles. The molecule has 1 N–H and O–H groups in total. The molecule has 1 aromatic carbocycles. The fourth-order valence-electron chi connectivity index (χ4n) is 1.07. The summed E-state index contributed by atoms with van der Waals surface area (Å²) in [7, 11) is 1.75. The quantitative estimate of drug-likeness (QED) is 0.710. The first-order valence-electron chi connectivity index (χ1n) is 4.19. The molecule has 2 nitrogen and oxygen atoms in total. The van der Waals surface area contributed by atoms with Crippen molar-refractivity contribution >= 4 is 11.9 Å². The van der Waals surface area contributed by atoms with Crippen LogP contribution in [0.5, 0.6) is 0 Å². The van der Waals surface area contributed by atoms with Crippen LogP contribution < -0.4 is 5.32 Å². The lowest BCUT2D eigenvalue weighted by Crippen LogP contribution is -2.12. The van der Waals surface area contributed by atoms with Crippen LogP contribution in [0.2, 0.25) is 0 Å². The van der Waals surface area contributed by atoms with Gasteiger partial charge < -0.3 is 5.32 Å². The van der Waals surface area contributed by atoms with Crippen LogP contribution in [-0.4, -0.2) is 12.8 Å². The zero-order chi connectivity index (χ0) is 9.68. The Morgan fingerprint density at radius 1 is 1.31 bits per heavy atom. The van der Waals surface area contributed by atoms with Crippen molar-refractivity contribution in [3.8, 4) is 0 Å². The Morgan fingerprint density at radius 2 is 1.92 bits per heavy atom. The first-order valence-corrected chi connectivity index (χ1v) is 4.19. The van der Waals surface area contributed by atoms with Gasteiger partial charge in [0.15, 0.2) is 5.78 Å². The van der Waals surface area contributed by atoms with Crippen LogP contribution in [0.4, 0.5) is 0 Å². The van der Waals surface area contributed by atoms with E-state index in [2.05, 4.69) is 5.32 Å². The van der Waals surface area contributed by atoms with Gasteiger partial charge in [0.1, 0.15) is 0 Å². The maximum absolute atomic E-state index is 11.0. The number of rotatable bonds is 3. The van der Waals surface area contributed by atoms with Gasteiger partial charge in [-0.2, -0.15) is 0 Å². The van der Waals surface area contributed by atoms with Gasteiger partial charge in [-0.1, -0.05) is 30.3 Å². The van der Waals surface area contributed by atoms with Gasteiger partial charge in [-0.05, 0) is 11.6 Å². The highest BCUT2D eigenvalue weighted by Crippen LogP contribution is 2.04. The van der Waals surface area contributed by atoms with Crippen molar-refractivity contribution in [1.82, 2.24) is 5.32 Å². The third kappa shape index (κ3) is 2.75. The molecule has 0 atom stereocenters. The summed E-state index contributed by atoms with van der Waals surface area (Å²) in [6.07, 6.45) is 1.84. The Labute approximate surface area is 78.3 Å². The minimum absolute atomic E-state index is 0.0475. The normalized spacial score (nSPS) is 11.1. The SMILES string of the molecule is CN/C(=C\c1ccccc1)C(C)=O. The van der Waals surface area contributed by atoms with Crippen LogP contribution in [-0.2, 0) is 4.79 Å². The van der Waals surface area contributed by atoms with Crippen molar-refractivity contribution in [3.63, 3.8) is 0 Å². The molecule has 0 aliphatic rings. The topological polar surface area (TPSA) is 29.1 Å². The molecule has 0 amide bonds. The van der Waals surface area contributed by atoms with Crippen molar-refractivity contribution in [1.29, 1.82) is 0 Å². The van der Waals surface area contributed by atoms with Gasteiger partial charge in [-0.25, -0.2) is 0 Å². The molecular formula is C11H13NO. The summed E-state index contributed by atoms with van der Waals surface area (Å²) < 4.78 is 0. The van der Waals surface area contributed by atoms with Gasteiger partial charge in [0.25, 0.3) is 0 Å². The van der Waals surface area contributed by atoms with Gasteiger partial charge >= 0.3 is 0 Å². The van der Waals surface area contributed by atoms with Crippen molar-refractivity contribution in [2.45, 2.75) is 6.92 Å². The zero-order valence-electron chi connectivity index (χ0n) is 7.87. The number of hydrogen-bond acceptors (Lipinski definition) is 2. The molecule has 0 fully saturated rings. The number of hydrogen-bond donors (Lipinski definition) is 1. The maximum atomic E-state index is 11.0. The highest BCUT2D eigenvalue weighted by Gasteiger charge is 1.99. The molecule has 0 unspecified atom stereocenters. The fraction of sp³-hybridized carbons (Fsp3) is 0.182. The summed E-state index contributed by atoms with van der Waals surface area (Å²) in [6, 6.07) is 9.75. The second-order valence-corrected chi connectivity index (χ2v) is 2.77. The molecule has 1 rings (SSSR count). The van der Waals surface area contributed by atoms with E-state index >= 15 is 0 Å². The monoisotopic (exact) mass is 175 g/mol. The second-order valence-electron chi connectivity index (χ2n) is 2.77. The standard InChI is InChI=1S/C11H13NO/c1-9(13)11(12-2)8-10-6-4-3-5-7-10/h3-8,12H,1-2H3/b11-8-. The Bertz CT molecular complexity index is 314. The van der Waals surface area contributed by atoms with Crippen molar-refractivity contribution in [2.75, 3.05) is 7.05 Å². The van der Waals surface area contributed by atoms with E-state index in [1.165, 1.54) is 0 Å². The molecule has 0 aromatic heterocycles. The largest absolute Gasteiger partial charge is 0.385 e. The van der Waals surface area contributed by atoms with E-state index in [9.17, 15) is 4.79 Å². The summed E-state index contributed by atoms with van der Waals surface area (Å²) in [5.41, 5.74) is 1.66. The number of benzene rings is 1. The Balaban J connectivity index is 2.92. The van der Waals surface area contributed by atoms with E-state index < -0.39 is 0 Å². The fourth-order valence-corrected chi connectivity index (χ4v) is 1.07. The average molecular weight is 175 g/mol. The Hall–Kier alpha value is -1.57. The third-order valence-corrected chi connectivity index (χ3v) is 1.76. The summed E-state index contributed by atoms with van der Waals surface area (Å²) >= 11 is 0. The molecule has 0 heterocycles. The number of ketones is 1. The van der Waals surface area contributed by atoms with E-state index in [0.29, 0.717) is 5.70 Å². The first-order chi connectivity index (χ1) is 6.24. The van der Waals surface area contributed by atoms with Gasteiger partial charge in [-0.3, -0.25) is 4.79 Å². The molecule has 0 spiro atoms. The molecule has 0 radical (unpaired) electrons. The summed E-state index contributed by atoms with van der Waals surface area (Å²) in [5, 5.41) is 2.86. The lowest BCUT2D eigenvalue weighted by molar-refractivity contribution is -0.113. The van der Waals surface area contributed by atoms with Gasteiger partial charge in [0.05, 0.1) is 5.70 Å². The number of carbonyl (C=O) groups excluding carboxylic acids is 1. The predicted octanol–water partition coefficient (Wildman–Crippen LogP) is 1.84. The van der Waals surface area contributed by atoms with E-state index in [4.69, 9.17) is 0 Å². The molecule has 0 saturated heterocycles. The smallest absolute Gasteiger partial charge is 0.175 e. The van der Waals surface area contributed by atoms with Crippen LogP contribution in [0.3, 0.4) is 0 Å². The van der Waals surface area contributed by atoms with E-state index in [-0.39, 0.29) is 5.78 Å². The first kappa shape index (κ1) is 9.52. The summed E-state index contributed by atoms with van der Waals surface area (Å²) in [5.74, 6) is 0.0475.